The summed E-state index contributed by atoms with van der Waals surface area (Å²) in [6.07, 6.45) is 3.70. The van der Waals surface area contributed by atoms with E-state index >= 15 is 0 Å². The van der Waals surface area contributed by atoms with Crippen LogP contribution in [-0.2, 0) is 7.05 Å². The number of benzene rings is 1. The largest absolute Gasteiger partial charge is 0.397 e. The molecule has 4 nitrogen and oxygen atoms in total. The van der Waals surface area contributed by atoms with E-state index in [1.807, 2.05) is 30.5 Å². The van der Waals surface area contributed by atoms with E-state index < -0.39 is 0 Å². The van der Waals surface area contributed by atoms with Crippen molar-refractivity contribution in [3.63, 3.8) is 0 Å². The Morgan fingerprint density at radius 1 is 1.39 bits per heavy atom. The number of hydrogen-bond acceptors (Lipinski definition) is 3. The third kappa shape index (κ3) is 2.51. The van der Waals surface area contributed by atoms with E-state index in [9.17, 15) is 4.79 Å². The molecule has 0 aliphatic carbocycles. The Kier molecular flexibility index (Phi) is 3.62. The second-order valence-electron chi connectivity index (χ2n) is 3.92. The number of nitrogens with two attached hydrogens (primary N) is 1. The van der Waals surface area contributed by atoms with E-state index in [-0.39, 0.29) is 5.91 Å². The third-order valence-electron chi connectivity index (χ3n) is 2.61. The molecular weight excluding hydrogens is 246 g/mol. The molecule has 0 saturated heterocycles. The highest BCUT2D eigenvalue weighted by atomic mass is 32.2. The number of nitrogens with one attached hydrogen (secondary N) is 1. The van der Waals surface area contributed by atoms with Crippen LogP contribution in [-0.4, -0.2) is 16.7 Å². The van der Waals surface area contributed by atoms with Crippen molar-refractivity contribution in [2.45, 2.75) is 4.90 Å². The molecule has 1 amide bonds. The molecule has 2 rings (SSSR count). The van der Waals surface area contributed by atoms with Crippen LogP contribution >= 0.6 is 11.8 Å². The van der Waals surface area contributed by atoms with Crippen molar-refractivity contribution in [2.24, 2.45) is 7.05 Å². The van der Waals surface area contributed by atoms with Gasteiger partial charge in [-0.25, -0.2) is 0 Å². The highest BCUT2D eigenvalue weighted by molar-refractivity contribution is 7.98. The van der Waals surface area contributed by atoms with Crippen LogP contribution in [0, 0.1) is 0 Å². The zero-order valence-corrected chi connectivity index (χ0v) is 11.1. The lowest BCUT2D eigenvalue weighted by molar-refractivity contribution is 0.101. The van der Waals surface area contributed by atoms with Crippen molar-refractivity contribution < 1.29 is 4.79 Å². The zero-order chi connectivity index (χ0) is 13.1. The Morgan fingerprint density at radius 2 is 2.11 bits per heavy atom. The monoisotopic (exact) mass is 261 g/mol. The smallest absolute Gasteiger partial charge is 0.272 e. The maximum absolute atomic E-state index is 12.1. The first-order chi connectivity index (χ1) is 8.61. The lowest BCUT2D eigenvalue weighted by atomic mass is 10.3. The van der Waals surface area contributed by atoms with Gasteiger partial charge in [-0.3, -0.25) is 4.79 Å². The number of aromatic nitrogens is 1. The Hall–Kier alpha value is -1.88. The number of amides is 1. The quantitative estimate of drug-likeness (QED) is 0.835. The fraction of sp³-hybridized carbons (Fsp3) is 0.154. The average Bonchev–Trinajstić information content (AvgIpc) is 2.69. The summed E-state index contributed by atoms with van der Waals surface area (Å²) in [7, 11) is 1.80. The molecule has 0 unspecified atom stereocenters. The van der Waals surface area contributed by atoms with Gasteiger partial charge in [0.2, 0.25) is 0 Å². The number of rotatable bonds is 3. The second-order valence-corrected chi connectivity index (χ2v) is 4.77. The van der Waals surface area contributed by atoms with Crippen molar-refractivity contribution in [2.75, 3.05) is 17.3 Å². The van der Waals surface area contributed by atoms with Gasteiger partial charge in [0, 0.05) is 18.1 Å². The summed E-state index contributed by atoms with van der Waals surface area (Å²) in [5.41, 5.74) is 7.61. The Bertz CT molecular complexity index is 577. The summed E-state index contributed by atoms with van der Waals surface area (Å²) in [6, 6.07) is 9.36. The summed E-state index contributed by atoms with van der Waals surface area (Å²) < 4.78 is 1.71. The van der Waals surface area contributed by atoms with E-state index in [0.717, 1.165) is 10.6 Å². The molecule has 1 heterocycles. The van der Waals surface area contributed by atoms with Gasteiger partial charge in [0.05, 0.1) is 11.4 Å². The molecule has 3 N–H and O–H groups in total. The highest BCUT2D eigenvalue weighted by Crippen LogP contribution is 2.25. The van der Waals surface area contributed by atoms with E-state index in [4.69, 9.17) is 5.73 Å². The lowest BCUT2D eigenvalue weighted by Crippen LogP contribution is -2.15. The maximum Gasteiger partial charge on any atom is 0.272 e. The van der Waals surface area contributed by atoms with Gasteiger partial charge in [-0.05, 0) is 24.5 Å². The molecule has 5 heteroatoms. The van der Waals surface area contributed by atoms with E-state index in [1.54, 1.807) is 35.6 Å². The van der Waals surface area contributed by atoms with Crippen molar-refractivity contribution in [1.82, 2.24) is 4.57 Å². The summed E-state index contributed by atoms with van der Waals surface area (Å²) in [5.74, 6) is -0.157. The molecule has 0 spiro atoms. The van der Waals surface area contributed by atoms with Crippen LogP contribution in [0.3, 0.4) is 0 Å². The van der Waals surface area contributed by atoms with E-state index in [0.29, 0.717) is 11.4 Å². The number of carbonyl (C=O) groups excluding carboxylic acids is 1. The van der Waals surface area contributed by atoms with Gasteiger partial charge in [-0.2, -0.15) is 0 Å². The van der Waals surface area contributed by atoms with Gasteiger partial charge >= 0.3 is 0 Å². The summed E-state index contributed by atoms with van der Waals surface area (Å²) >= 11 is 1.60. The van der Waals surface area contributed by atoms with Crippen LogP contribution in [0.4, 0.5) is 11.4 Å². The van der Waals surface area contributed by atoms with Gasteiger partial charge < -0.3 is 15.6 Å². The van der Waals surface area contributed by atoms with Crippen molar-refractivity contribution in [1.29, 1.82) is 0 Å². The average molecular weight is 261 g/mol. The predicted octanol–water partition coefficient (Wildman–Crippen LogP) is 2.58. The van der Waals surface area contributed by atoms with Gasteiger partial charge in [-0.15, -0.1) is 11.8 Å². The number of hydrogen-bond donors (Lipinski definition) is 2. The molecule has 1 aromatic heterocycles. The number of aryl methyl sites for hydroxylation is 1. The molecule has 0 bridgehead atoms. The Balaban J connectivity index is 2.24. The number of thioether (sulfide) groups is 1. The first-order valence-electron chi connectivity index (χ1n) is 5.48. The lowest BCUT2D eigenvalue weighted by Gasteiger charge is -2.09. The van der Waals surface area contributed by atoms with Crippen molar-refractivity contribution in [3.05, 3.63) is 42.2 Å². The van der Waals surface area contributed by atoms with Crippen LogP contribution < -0.4 is 11.1 Å². The van der Waals surface area contributed by atoms with Crippen LogP contribution in [0.5, 0.6) is 0 Å². The number of para-hydroxylation sites is 1. The molecule has 0 fully saturated rings. The maximum atomic E-state index is 12.1. The second kappa shape index (κ2) is 5.18. The van der Waals surface area contributed by atoms with E-state index in [1.165, 1.54) is 0 Å². The molecule has 18 heavy (non-hydrogen) atoms. The highest BCUT2D eigenvalue weighted by Gasteiger charge is 2.12. The standard InChI is InChI=1S/C13H15N3OS/c1-16-8-9(14)7-11(16)13(17)15-10-5-3-4-6-12(10)18-2/h3-8H,14H2,1-2H3,(H,15,17). The van der Waals surface area contributed by atoms with Crippen molar-refractivity contribution in [3.8, 4) is 0 Å². The number of nitrogens with zero attached hydrogens (tertiary/aromatic N) is 1. The van der Waals surface area contributed by atoms with E-state index in [2.05, 4.69) is 5.32 Å². The first-order valence-corrected chi connectivity index (χ1v) is 6.70. The van der Waals surface area contributed by atoms with Gasteiger partial charge in [-0.1, -0.05) is 12.1 Å². The summed E-state index contributed by atoms with van der Waals surface area (Å²) in [5, 5.41) is 2.90. The Labute approximate surface area is 110 Å². The molecule has 0 aliphatic heterocycles. The van der Waals surface area contributed by atoms with Crippen LogP contribution in [0.25, 0.3) is 0 Å². The van der Waals surface area contributed by atoms with Crippen LogP contribution in [0.15, 0.2) is 41.4 Å². The molecule has 0 aliphatic rings. The molecule has 0 atom stereocenters. The van der Waals surface area contributed by atoms with Crippen molar-refractivity contribution >= 4 is 29.0 Å². The minimum Gasteiger partial charge on any atom is -0.397 e. The van der Waals surface area contributed by atoms with Crippen LogP contribution in [0.2, 0.25) is 0 Å². The molecule has 2 aromatic rings. The summed E-state index contributed by atoms with van der Waals surface area (Å²) in [4.78, 5) is 13.2. The zero-order valence-electron chi connectivity index (χ0n) is 10.3. The predicted molar refractivity (Wildman–Crippen MR) is 76.0 cm³/mol. The SMILES string of the molecule is CSc1ccccc1NC(=O)c1cc(N)cn1C. The van der Waals surface area contributed by atoms with Gasteiger partial charge in [0.15, 0.2) is 0 Å². The first kappa shape index (κ1) is 12.6. The normalized spacial score (nSPS) is 10.3. The summed E-state index contributed by atoms with van der Waals surface area (Å²) in [6.45, 7) is 0. The minimum atomic E-state index is -0.157. The van der Waals surface area contributed by atoms with Crippen LogP contribution in [0.1, 0.15) is 10.5 Å². The van der Waals surface area contributed by atoms with Gasteiger partial charge in [0.1, 0.15) is 5.69 Å². The fourth-order valence-electron chi connectivity index (χ4n) is 1.75. The molecule has 1 aromatic carbocycles. The Morgan fingerprint density at radius 3 is 2.72 bits per heavy atom. The van der Waals surface area contributed by atoms with Gasteiger partial charge in [0.25, 0.3) is 5.91 Å². The molecule has 0 radical (unpaired) electrons. The molecule has 0 saturated carbocycles. The molecule has 94 valence electrons. The number of anilines is 2. The fourth-order valence-corrected chi connectivity index (χ4v) is 2.30. The topological polar surface area (TPSA) is 60.1 Å². The minimum absolute atomic E-state index is 0.157. The third-order valence-corrected chi connectivity index (χ3v) is 3.41. The number of nitrogen functional groups attached to an aromatic ring is 1. The molecular formula is C13H15N3OS. The number of carbonyl (C=O) groups is 1.